The minimum absolute atomic E-state index is 0.0457. The molecule has 0 radical (unpaired) electrons. The molecule has 2 aromatic rings. The van der Waals surface area contributed by atoms with Crippen LogP contribution in [0.2, 0.25) is 0 Å². The first kappa shape index (κ1) is 13.3. The number of hydrogen-bond donors (Lipinski definition) is 1. The number of aliphatic hydroxyl groups is 1. The van der Waals surface area contributed by atoms with Crippen LogP contribution in [0.25, 0.3) is 5.65 Å². The Bertz CT molecular complexity index is 667. The van der Waals surface area contributed by atoms with E-state index in [1.165, 1.54) is 0 Å². The quantitative estimate of drug-likeness (QED) is 0.883. The molecule has 1 saturated heterocycles. The fraction of sp³-hybridized carbons (Fsp3) is 0.467. The van der Waals surface area contributed by atoms with Crippen LogP contribution in [0, 0.1) is 5.92 Å². The summed E-state index contributed by atoms with van der Waals surface area (Å²) in [4.78, 5) is 18.8. The van der Waals surface area contributed by atoms with Gasteiger partial charge in [-0.15, -0.1) is 0 Å². The molecule has 106 valence electrons. The van der Waals surface area contributed by atoms with E-state index in [1.807, 2.05) is 18.2 Å². The predicted molar refractivity (Wildman–Crippen MR) is 76.5 cm³/mol. The second-order valence-corrected chi connectivity index (χ2v) is 5.58. The standard InChI is InChI=1S/C15H19N3O2/c1-11-9-17(7-5-13(11)19)10-12-8-15(20)18-6-3-2-4-14(18)16-12/h2-4,6,8,11,13,19H,5,7,9-10H2,1H3. The molecule has 1 N–H and O–H groups in total. The van der Waals surface area contributed by atoms with Crippen molar-refractivity contribution in [3.63, 3.8) is 0 Å². The van der Waals surface area contributed by atoms with E-state index in [1.54, 1.807) is 16.7 Å². The number of hydrogen-bond acceptors (Lipinski definition) is 4. The molecule has 20 heavy (non-hydrogen) atoms. The van der Waals surface area contributed by atoms with Gasteiger partial charge in [-0.2, -0.15) is 0 Å². The van der Waals surface area contributed by atoms with Crippen molar-refractivity contribution in [2.24, 2.45) is 5.92 Å². The third-order valence-corrected chi connectivity index (χ3v) is 3.95. The number of aliphatic hydroxyl groups excluding tert-OH is 1. The van der Waals surface area contributed by atoms with Gasteiger partial charge in [0.15, 0.2) is 0 Å². The maximum Gasteiger partial charge on any atom is 0.258 e. The van der Waals surface area contributed by atoms with E-state index in [0.717, 1.165) is 25.2 Å². The second-order valence-electron chi connectivity index (χ2n) is 5.58. The molecular weight excluding hydrogens is 254 g/mol. The normalized spacial score (nSPS) is 24.1. The highest BCUT2D eigenvalue weighted by atomic mass is 16.3. The lowest BCUT2D eigenvalue weighted by Crippen LogP contribution is -2.41. The van der Waals surface area contributed by atoms with Crippen LogP contribution in [0.4, 0.5) is 0 Å². The molecule has 5 heteroatoms. The zero-order valence-electron chi connectivity index (χ0n) is 11.6. The van der Waals surface area contributed by atoms with Crippen molar-refractivity contribution < 1.29 is 5.11 Å². The number of rotatable bonds is 2. The van der Waals surface area contributed by atoms with Gasteiger partial charge in [0, 0.05) is 31.9 Å². The Kier molecular flexibility index (Phi) is 3.54. The summed E-state index contributed by atoms with van der Waals surface area (Å²) >= 11 is 0. The summed E-state index contributed by atoms with van der Waals surface area (Å²) in [5.74, 6) is 0.269. The topological polar surface area (TPSA) is 57.8 Å². The minimum Gasteiger partial charge on any atom is -0.393 e. The molecule has 3 rings (SSSR count). The first-order valence-electron chi connectivity index (χ1n) is 7.01. The van der Waals surface area contributed by atoms with Gasteiger partial charge in [0.1, 0.15) is 5.65 Å². The van der Waals surface area contributed by atoms with Crippen LogP contribution in [0.1, 0.15) is 19.0 Å². The van der Waals surface area contributed by atoms with Crippen LogP contribution in [0.15, 0.2) is 35.3 Å². The molecule has 0 aliphatic carbocycles. The average molecular weight is 273 g/mol. The predicted octanol–water partition coefficient (Wildman–Crippen LogP) is 0.897. The Labute approximate surface area is 117 Å². The highest BCUT2D eigenvalue weighted by molar-refractivity contribution is 5.37. The maximum absolute atomic E-state index is 12.0. The number of aromatic nitrogens is 2. The van der Waals surface area contributed by atoms with E-state index in [2.05, 4.69) is 16.8 Å². The maximum atomic E-state index is 12.0. The van der Waals surface area contributed by atoms with Crippen LogP contribution in [0.3, 0.4) is 0 Å². The summed E-state index contributed by atoms with van der Waals surface area (Å²) in [5, 5.41) is 9.75. The minimum atomic E-state index is -0.207. The second kappa shape index (κ2) is 5.34. The molecule has 1 aliphatic rings. The average Bonchev–Trinajstić information content (AvgIpc) is 2.43. The fourth-order valence-electron chi connectivity index (χ4n) is 2.78. The van der Waals surface area contributed by atoms with Crippen molar-refractivity contribution in [2.75, 3.05) is 13.1 Å². The van der Waals surface area contributed by atoms with Crippen molar-refractivity contribution in [1.29, 1.82) is 0 Å². The van der Waals surface area contributed by atoms with Gasteiger partial charge in [-0.3, -0.25) is 14.1 Å². The molecule has 2 aromatic heterocycles. The van der Waals surface area contributed by atoms with Crippen molar-refractivity contribution in [1.82, 2.24) is 14.3 Å². The highest BCUT2D eigenvalue weighted by Gasteiger charge is 2.24. The third-order valence-electron chi connectivity index (χ3n) is 3.95. The summed E-state index contributed by atoms with van der Waals surface area (Å²) in [5.41, 5.74) is 1.43. The van der Waals surface area contributed by atoms with E-state index >= 15 is 0 Å². The Morgan fingerprint density at radius 2 is 2.30 bits per heavy atom. The molecular formula is C15H19N3O2. The molecule has 2 unspecified atom stereocenters. The summed E-state index contributed by atoms with van der Waals surface area (Å²) in [6.45, 7) is 4.41. The first-order chi connectivity index (χ1) is 9.63. The van der Waals surface area contributed by atoms with E-state index in [4.69, 9.17) is 0 Å². The molecule has 0 bridgehead atoms. The smallest absolute Gasteiger partial charge is 0.258 e. The zero-order chi connectivity index (χ0) is 14.1. The Morgan fingerprint density at radius 3 is 3.10 bits per heavy atom. The van der Waals surface area contributed by atoms with Crippen LogP contribution in [-0.4, -0.2) is 38.6 Å². The summed E-state index contributed by atoms with van der Waals surface area (Å²) in [7, 11) is 0. The summed E-state index contributed by atoms with van der Waals surface area (Å²) in [6.07, 6.45) is 2.31. The largest absolute Gasteiger partial charge is 0.393 e. The molecule has 0 aromatic carbocycles. The van der Waals surface area contributed by atoms with Gasteiger partial charge in [0.2, 0.25) is 0 Å². The molecule has 1 aliphatic heterocycles. The lowest BCUT2D eigenvalue weighted by molar-refractivity contribution is 0.0315. The SMILES string of the molecule is CC1CN(Cc2cc(=O)n3ccccc3n2)CCC1O. The van der Waals surface area contributed by atoms with Crippen LogP contribution < -0.4 is 5.56 Å². The van der Waals surface area contributed by atoms with Crippen molar-refractivity contribution in [2.45, 2.75) is 26.0 Å². The lowest BCUT2D eigenvalue weighted by Gasteiger charge is -2.34. The molecule has 2 atom stereocenters. The van der Waals surface area contributed by atoms with Crippen LogP contribution in [0.5, 0.6) is 0 Å². The van der Waals surface area contributed by atoms with Crippen LogP contribution >= 0.6 is 0 Å². The van der Waals surface area contributed by atoms with Crippen molar-refractivity contribution >= 4 is 5.65 Å². The van der Waals surface area contributed by atoms with E-state index in [9.17, 15) is 9.90 Å². The highest BCUT2D eigenvalue weighted by Crippen LogP contribution is 2.17. The fourth-order valence-corrected chi connectivity index (χ4v) is 2.78. The molecule has 0 saturated carbocycles. The third kappa shape index (κ3) is 2.59. The van der Waals surface area contributed by atoms with Gasteiger partial charge in [0.25, 0.3) is 5.56 Å². The first-order valence-corrected chi connectivity index (χ1v) is 7.01. The number of piperidine rings is 1. The van der Waals surface area contributed by atoms with Gasteiger partial charge in [-0.05, 0) is 24.5 Å². The molecule has 5 nitrogen and oxygen atoms in total. The molecule has 0 amide bonds. The van der Waals surface area contributed by atoms with Gasteiger partial charge >= 0.3 is 0 Å². The number of fused-ring (bicyclic) bond motifs is 1. The van der Waals surface area contributed by atoms with Gasteiger partial charge < -0.3 is 5.11 Å². The Morgan fingerprint density at radius 1 is 1.45 bits per heavy atom. The van der Waals surface area contributed by atoms with E-state index in [0.29, 0.717) is 12.2 Å². The molecule has 3 heterocycles. The van der Waals surface area contributed by atoms with E-state index < -0.39 is 0 Å². The van der Waals surface area contributed by atoms with Gasteiger partial charge in [-0.25, -0.2) is 4.98 Å². The monoisotopic (exact) mass is 273 g/mol. The number of likely N-dealkylation sites (tertiary alicyclic amines) is 1. The lowest BCUT2D eigenvalue weighted by atomic mass is 9.97. The van der Waals surface area contributed by atoms with Gasteiger partial charge in [-0.1, -0.05) is 13.0 Å². The Hall–Kier alpha value is -1.72. The number of nitrogens with zero attached hydrogens (tertiary/aromatic N) is 3. The zero-order valence-corrected chi connectivity index (χ0v) is 11.6. The van der Waals surface area contributed by atoms with Crippen molar-refractivity contribution in [3.05, 3.63) is 46.5 Å². The van der Waals surface area contributed by atoms with E-state index in [-0.39, 0.29) is 17.6 Å². The van der Waals surface area contributed by atoms with Crippen molar-refractivity contribution in [3.8, 4) is 0 Å². The molecule has 0 spiro atoms. The number of pyridine rings is 1. The molecule has 1 fully saturated rings. The summed E-state index contributed by atoms with van der Waals surface area (Å²) in [6, 6.07) is 7.14. The summed E-state index contributed by atoms with van der Waals surface area (Å²) < 4.78 is 1.55. The van der Waals surface area contributed by atoms with Gasteiger partial charge in [0.05, 0.1) is 11.8 Å². The Balaban J connectivity index is 1.83. The van der Waals surface area contributed by atoms with Crippen LogP contribution in [-0.2, 0) is 6.54 Å².